The van der Waals surface area contributed by atoms with Crippen LogP contribution in [0.1, 0.15) is 29.4 Å². The maximum absolute atomic E-state index is 13.0. The Hall–Kier alpha value is -3.78. The summed E-state index contributed by atoms with van der Waals surface area (Å²) in [5.74, 6) is -0.422. The van der Waals surface area contributed by atoms with Gasteiger partial charge in [-0.3, -0.25) is 24.3 Å². The van der Waals surface area contributed by atoms with Gasteiger partial charge in [-0.1, -0.05) is 25.1 Å². The van der Waals surface area contributed by atoms with Gasteiger partial charge in [0.15, 0.2) is 0 Å². The van der Waals surface area contributed by atoms with Crippen molar-refractivity contribution in [2.45, 2.75) is 19.8 Å². The van der Waals surface area contributed by atoms with Crippen LogP contribution in [0, 0.1) is 0 Å². The smallest absolute Gasteiger partial charge is 0.261 e. The predicted molar refractivity (Wildman–Crippen MR) is 123 cm³/mol. The number of carbonyl (C=O) groups excluding carboxylic acids is 2. The number of hydrogen-bond acceptors (Lipinski definition) is 6. The van der Waals surface area contributed by atoms with E-state index >= 15 is 0 Å². The largest absolute Gasteiger partial charge is 0.345 e. The van der Waals surface area contributed by atoms with Crippen molar-refractivity contribution in [1.82, 2.24) is 19.7 Å². The molecule has 1 aromatic carbocycles. The number of hydrogen-bond donors (Lipinski definition) is 1. The molecule has 3 aliphatic rings. The molecule has 0 unspecified atom stereocenters. The second kappa shape index (κ2) is 7.42. The Bertz CT molecular complexity index is 1400. The molecule has 32 heavy (non-hydrogen) atoms. The number of para-hydroxylation sites is 1. The fourth-order valence-corrected chi connectivity index (χ4v) is 4.50. The number of fused-ring (bicyclic) bond motifs is 1. The van der Waals surface area contributed by atoms with Gasteiger partial charge >= 0.3 is 0 Å². The number of aliphatic imine (C=N–C) groups is 1. The van der Waals surface area contributed by atoms with Gasteiger partial charge in [-0.15, -0.1) is 12.4 Å². The van der Waals surface area contributed by atoms with E-state index in [1.165, 1.54) is 5.56 Å². The van der Waals surface area contributed by atoms with Crippen LogP contribution >= 0.6 is 12.4 Å². The minimum Gasteiger partial charge on any atom is -0.345 e. The first-order valence-electron chi connectivity index (χ1n) is 10.2. The third-order valence-electron chi connectivity index (χ3n) is 5.96. The molecule has 3 aromatic rings. The normalized spacial score (nSPS) is 16.8. The molecule has 3 aliphatic heterocycles. The summed E-state index contributed by atoms with van der Waals surface area (Å²) in [6.07, 6.45) is 8.74. The number of aryl methyl sites for hydroxylation is 1. The van der Waals surface area contributed by atoms with Gasteiger partial charge in [0, 0.05) is 36.4 Å². The topological polar surface area (TPSA) is 92.0 Å². The molecule has 0 saturated heterocycles. The SMILES string of the molecule is CCc1ccn2c(C3=C(C4=NC=CN5CCc6cccc4c65)C(=O)NC3=O)cnc2n1.Cl. The van der Waals surface area contributed by atoms with E-state index in [1.54, 1.807) is 16.8 Å². The first kappa shape index (κ1) is 20.1. The monoisotopic (exact) mass is 446 g/mol. The zero-order valence-corrected chi connectivity index (χ0v) is 18.0. The molecule has 2 aromatic heterocycles. The Morgan fingerprint density at radius 3 is 2.81 bits per heavy atom. The molecule has 160 valence electrons. The highest BCUT2D eigenvalue weighted by Gasteiger charge is 2.38. The molecule has 6 rings (SSSR count). The van der Waals surface area contributed by atoms with E-state index < -0.39 is 11.8 Å². The van der Waals surface area contributed by atoms with E-state index in [0.717, 1.165) is 36.3 Å². The lowest BCUT2D eigenvalue weighted by atomic mass is 9.94. The van der Waals surface area contributed by atoms with Crippen molar-refractivity contribution in [3.8, 4) is 0 Å². The highest BCUT2D eigenvalue weighted by Crippen LogP contribution is 2.37. The Morgan fingerprint density at radius 2 is 1.97 bits per heavy atom. The summed E-state index contributed by atoms with van der Waals surface area (Å²) in [4.78, 5) is 41.5. The lowest BCUT2D eigenvalue weighted by molar-refractivity contribution is -0.123. The summed E-state index contributed by atoms with van der Waals surface area (Å²) in [6, 6.07) is 7.90. The van der Waals surface area contributed by atoms with E-state index in [9.17, 15) is 9.59 Å². The molecule has 2 amide bonds. The van der Waals surface area contributed by atoms with Crippen LogP contribution in [-0.2, 0) is 22.4 Å². The van der Waals surface area contributed by atoms with Gasteiger partial charge in [-0.05, 0) is 24.5 Å². The maximum Gasteiger partial charge on any atom is 0.261 e. The number of imidazole rings is 1. The summed E-state index contributed by atoms with van der Waals surface area (Å²) in [6.45, 7) is 2.88. The van der Waals surface area contributed by atoms with Crippen molar-refractivity contribution in [1.29, 1.82) is 0 Å². The Balaban J connectivity index is 0.00000216. The van der Waals surface area contributed by atoms with Gasteiger partial charge in [0.1, 0.15) is 0 Å². The minimum atomic E-state index is -0.457. The average Bonchev–Trinajstić information content (AvgIpc) is 3.42. The number of anilines is 1. The van der Waals surface area contributed by atoms with E-state index in [4.69, 9.17) is 0 Å². The van der Waals surface area contributed by atoms with Gasteiger partial charge in [-0.25, -0.2) is 9.97 Å². The molecule has 0 atom stereocenters. The number of imide groups is 1. The fourth-order valence-electron chi connectivity index (χ4n) is 4.50. The number of benzene rings is 1. The van der Waals surface area contributed by atoms with Crippen LogP contribution in [0.2, 0.25) is 0 Å². The summed E-state index contributed by atoms with van der Waals surface area (Å²) < 4.78 is 1.74. The van der Waals surface area contributed by atoms with Crippen molar-refractivity contribution in [2.24, 2.45) is 4.99 Å². The molecule has 5 heterocycles. The molecule has 0 fully saturated rings. The molecule has 0 saturated carbocycles. The molecular weight excluding hydrogens is 428 g/mol. The van der Waals surface area contributed by atoms with Crippen LogP contribution in [0.3, 0.4) is 0 Å². The first-order valence-corrected chi connectivity index (χ1v) is 10.2. The van der Waals surface area contributed by atoms with E-state index in [2.05, 4.69) is 31.2 Å². The quantitative estimate of drug-likeness (QED) is 0.624. The Morgan fingerprint density at radius 1 is 1.12 bits per heavy atom. The number of nitrogens with one attached hydrogen (secondary N) is 1. The maximum atomic E-state index is 13.0. The molecular formula is C23H19ClN6O2. The van der Waals surface area contributed by atoms with Crippen LogP contribution in [0.25, 0.3) is 11.4 Å². The summed E-state index contributed by atoms with van der Waals surface area (Å²) >= 11 is 0. The molecule has 0 bridgehead atoms. The summed E-state index contributed by atoms with van der Waals surface area (Å²) in [5.41, 5.74) is 5.53. The van der Waals surface area contributed by atoms with Crippen LogP contribution in [0.4, 0.5) is 5.69 Å². The van der Waals surface area contributed by atoms with Crippen molar-refractivity contribution in [3.05, 3.63) is 77.1 Å². The lowest BCUT2D eigenvalue weighted by Gasteiger charge is -2.17. The van der Waals surface area contributed by atoms with Crippen molar-refractivity contribution >= 4 is 47.0 Å². The lowest BCUT2D eigenvalue weighted by Crippen LogP contribution is -2.25. The molecule has 0 spiro atoms. The molecule has 0 aliphatic carbocycles. The third kappa shape index (κ3) is 2.80. The van der Waals surface area contributed by atoms with Crippen LogP contribution in [0.15, 0.2) is 59.6 Å². The van der Waals surface area contributed by atoms with Crippen molar-refractivity contribution in [2.75, 3.05) is 11.4 Å². The van der Waals surface area contributed by atoms with Gasteiger partial charge in [0.2, 0.25) is 5.78 Å². The Kier molecular flexibility index (Phi) is 4.67. The molecule has 9 heteroatoms. The molecule has 8 nitrogen and oxygen atoms in total. The van der Waals surface area contributed by atoms with Crippen LogP contribution in [-0.4, -0.2) is 38.4 Å². The van der Waals surface area contributed by atoms with Gasteiger partial charge < -0.3 is 4.90 Å². The highest BCUT2D eigenvalue weighted by atomic mass is 35.5. The fraction of sp³-hybridized carbons (Fsp3) is 0.174. The molecule has 1 N–H and O–H groups in total. The van der Waals surface area contributed by atoms with Crippen LogP contribution in [0.5, 0.6) is 0 Å². The Labute approximate surface area is 189 Å². The summed E-state index contributed by atoms with van der Waals surface area (Å²) in [5, 5.41) is 2.45. The predicted octanol–water partition coefficient (Wildman–Crippen LogP) is 2.46. The second-order valence-electron chi connectivity index (χ2n) is 7.65. The van der Waals surface area contributed by atoms with Gasteiger partial charge in [-0.2, -0.15) is 0 Å². The number of rotatable bonds is 3. The first-order chi connectivity index (χ1) is 15.2. The zero-order valence-electron chi connectivity index (χ0n) is 17.2. The summed E-state index contributed by atoms with van der Waals surface area (Å²) in [7, 11) is 0. The van der Waals surface area contributed by atoms with E-state index in [1.807, 2.05) is 37.5 Å². The van der Waals surface area contributed by atoms with E-state index in [-0.39, 0.29) is 23.6 Å². The van der Waals surface area contributed by atoms with Gasteiger partial charge in [0.05, 0.1) is 34.4 Å². The highest BCUT2D eigenvalue weighted by molar-refractivity contribution is 6.47. The number of carbonyl (C=O) groups is 2. The number of amides is 2. The standard InChI is InChI=1S/C23H18N6O2.ClH/c1-2-14-7-10-29-16(12-25-23(29)26-14)17-18(22(31)27-21(17)30)19-15-5-3-4-13-6-9-28(20(13)15)11-8-24-19;/h3-5,7-8,10-12H,2,6,9H2,1H3,(H,27,30,31);1H. The van der Waals surface area contributed by atoms with Crippen molar-refractivity contribution < 1.29 is 9.59 Å². The van der Waals surface area contributed by atoms with E-state index in [0.29, 0.717) is 17.2 Å². The second-order valence-corrected chi connectivity index (χ2v) is 7.65. The van der Waals surface area contributed by atoms with Crippen LogP contribution < -0.4 is 10.2 Å². The molecule has 0 radical (unpaired) electrons. The minimum absolute atomic E-state index is 0. The number of aromatic nitrogens is 3. The van der Waals surface area contributed by atoms with Crippen molar-refractivity contribution in [3.63, 3.8) is 0 Å². The van der Waals surface area contributed by atoms with Gasteiger partial charge in [0.25, 0.3) is 11.8 Å². The number of nitrogens with zero attached hydrogens (tertiary/aromatic N) is 5. The third-order valence-corrected chi connectivity index (χ3v) is 5.96. The average molecular weight is 447 g/mol. The number of halogens is 1. The zero-order chi connectivity index (χ0) is 21.1.